The standard InChI is InChI=1S/C12H14F3N3O2/c13-12(14,15)8-20-10-9(3-1-4-16-10)7-17-11(19)18-5-2-6-18/h1,3-4H,2,5-8H2,(H,17,19). The lowest BCUT2D eigenvalue weighted by Gasteiger charge is -2.30. The quantitative estimate of drug-likeness (QED) is 0.921. The van der Waals surface area contributed by atoms with Crippen molar-refractivity contribution in [2.75, 3.05) is 19.7 Å². The van der Waals surface area contributed by atoms with Crippen LogP contribution in [0.15, 0.2) is 18.3 Å². The molecule has 1 N–H and O–H groups in total. The number of halogens is 3. The Morgan fingerprint density at radius 3 is 2.80 bits per heavy atom. The van der Waals surface area contributed by atoms with Crippen LogP contribution < -0.4 is 10.1 Å². The molecule has 1 aliphatic rings. The van der Waals surface area contributed by atoms with Gasteiger partial charge in [-0.05, 0) is 12.5 Å². The maximum Gasteiger partial charge on any atom is 0.422 e. The molecule has 0 radical (unpaired) electrons. The second-order valence-corrected chi connectivity index (χ2v) is 4.37. The van der Waals surface area contributed by atoms with Crippen LogP contribution in [0.4, 0.5) is 18.0 Å². The van der Waals surface area contributed by atoms with Crippen LogP contribution in [0.1, 0.15) is 12.0 Å². The lowest BCUT2D eigenvalue weighted by Crippen LogP contribution is -2.47. The van der Waals surface area contributed by atoms with Gasteiger partial charge in [0.15, 0.2) is 6.61 Å². The number of ether oxygens (including phenoxy) is 1. The summed E-state index contributed by atoms with van der Waals surface area (Å²) in [5.74, 6) is -0.117. The van der Waals surface area contributed by atoms with Gasteiger partial charge in [0.25, 0.3) is 0 Å². The Kier molecular flexibility index (Phi) is 4.31. The molecule has 20 heavy (non-hydrogen) atoms. The fourth-order valence-electron chi connectivity index (χ4n) is 1.64. The van der Waals surface area contributed by atoms with Crippen LogP contribution in [0.2, 0.25) is 0 Å². The van der Waals surface area contributed by atoms with Gasteiger partial charge in [-0.3, -0.25) is 0 Å². The van der Waals surface area contributed by atoms with E-state index in [1.165, 1.54) is 6.20 Å². The first kappa shape index (κ1) is 14.4. The minimum atomic E-state index is -4.42. The highest BCUT2D eigenvalue weighted by molar-refractivity contribution is 5.74. The molecule has 0 atom stereocenters. The zero-order chi connectivity index (χ0) is 14.6. The third-order valence-electron chi connectivity index (χ3n) is 2.80. The largest absolute Gasteiger partial charge is 0.468 e. The third-order valence-corrected chi connectivity index (χ3v) is 2.80. The average Bonchev–Trinajstić information content (AvgIpc) is 2.31. The molecule has 2 heterocycles. The summed E-state index contributed by atoms with van der Waals surface area (Å²) in [6.45, 7) is 0.0834. The Labute approximate surface area is 113 Å². The fourth-order valence-corrected chi connectivity index (χ4v) is 1.64. The molecule has 8 heteroatoms. The van der Waals surface area contributed by atoms with Crippen molar-refractivity contribution >= 4 is 6.03 Å². The number of rotatable bonds is 4. The molecule has 1 aromatic rings. The van der Waals surface area contributed by atoms with Gasteiger partial charge < -0.3 is 15.0 Å². The molecule has 0 unspecified atom stereocenters. The molecule has 110 valence electrons. The molecule has 1 aromatic heterocycles. The summed E-state index contributed by atoms with van der Waals surface area (Å²) >= 11 is 0. The predicted molar refractivity (Wildman–Crippen MR) is 64.2 cm³/mol. The van der Waals surface area contributed by atoms with Crippen molar-refractivity contribution in [1.82, 2.24) is 15.2 Å². The number of hydrogen-bond donors (Lipinski definition) is 1. The highest BCUT2D eigenvalue weighted by Gasteiger charge is 2.29. The number of amides is 2. The van der Waals surface area contributed by atoms with Crippen LogP contribution in [-0.4, -0.2) is 41.8 Å². The molecule has 1 saturated heterocycles. The first-order chi connectivity index (χ1) is 9.46. The minimum Gasteiger partial charge on any atom is -0.468 e. The summed E-state index contributed by atoms with van der Waals surface area (Å²) in [5, 5.41) is 2.62. The van der Waals surface area contributed by atoms with Gasteiger partial charge in [-0.25, -0.2) is 9.78 Å². The molecule has 0 bridgehead atoms. The van der Waals surface area contributed by atoms with Gasteiger partial charge in [-0.1, -0.05) is 6.07 Å². The number of pyridine rings is 1. The molecule has 1 aliphatic heterocycles. The molecule has 2 rings (SSSR count). The number of alkyl halides is 3. The zero-order valence-electron chi connectivity index (χ0n) is 10.6. The van der Waals surface area contributed by atoms with Gasteiger partial charge in [-0.2, -0.15) is 13.2 Å². The molecule has 1 fully saturated rings. The average molecular weight is 289 g/mol. The zero-order valence-corrected chi connectivity index (χ0v) is 10.6. The highest BCUT2D eigenvalue weighted by Crippen LogP contribution is 2.20. The summed E-state index contributed by atoms with van der Waals surface area (Å²) in [5.41, 5.74) is 0.408. The van der Waals surface area contributed by atoms with Gasteiger partial charge in [-0.15, -0.1) is 0 Å². The van der Waals surface area contributed by atoms with Crippen LogP contribution in [0.3, 0.4) is 0 Å². The summed E-state index contributed by atoms with van der Waals surface area (Å²) in [7, 11) is 0. The number of hydrogen-bond acceptors (Lipinski definition) is 3. The number of urea groups is 1. The second kappa shape index (κ2) is 5.98. The van der Waals surface area contributed by atoms with E-state index in [2.05, 4.69) is 15.0 Å². The van der Waals surface area contributed by atoms with Gasteiger partial charge in [0.05, 0.1) is 0 Å². The van der Waals surface area contributed by atoms with Crippen molar-refractivity contribution in [2.45, 2.75) is 19.1 Å². The van der Waals surface area contributed by atoms with E-state index in [0.717, 1.165) is 6.42 Å². The SMILES string of the molecule is O=C(NCc1cccnc1OCC(F)(F)F)N1CCC1. The van der Waals surface area contributed by atoms with E-state index in [1.807, 2.05) is 0 Å². The number of nitrogens with one attached hydrogen (secondary N) is 1. The molecular formula is C12H14F3N3O2. The molecule has 0 saturated carbocycles. The Bertz CT molecular complexity index is 475. The molecule has 0 aliphatic carbocycles. The predicted octanol–water partition coefficient (Wildman–Crippen LogP) is 1.94. The molecule has 2 amide bonds. The van der Waals surface area contributed by atoms with E-state index in [4.69, 9.17) is 0 Å². The summed E-state index contributed by atoms with van der Waals surface area (Å²) in [4.78, 5) is 17.0. The first-order valence-electron chi connectivity index (χ1n) is 6.12. The summed E-state index contributed by atoms with van der Waals surface area (Å²) in [6, 6.07) is 2.91. The van der Waals surface area contributed by atoms with Gasteiger partial charge in [0.2, 0.25) is 5.88 Å². The summed E-state index contributed by atoms with van der Waals surface area (Å²) < 4.78 is 41.0. The minimum absolute atomic E-state index is 0.0797. The van der Waals surface area contributed by atoms with E-state index in [1.54, 1.807) is 17.0 Å². The molecule has 0 aromatic carbocycles. The lowest BCUT2D eigenvalue weighted by atomic mass is 10.2. The fraction of sp³-hybridized carbons (Fsp3) is 0.500. The normalized spacial score (nSPS) is 14.7. The van der Waals surface area contributed by atoms with Crippen LogP contribution >= 0.6 is 0 Å². The third kappa shape index (κ3) is 4.01. The highest BCUT2D eigenvalue weighted by atomic mass is 19.4. The van der Waals surface area contributed by atoms with Gasteiger partial charge >= 0.3 is 12.2 Å². The maximum absolute atomic E-state index is 12.1. The smallest absolute Gasteiger partial charge is 0.422 e. The monoisotopic (exact) mass is 289 g/mol. The van der Waals surface area contributed by atoms with Crippen LogP contribution in [-0.2, 0) is 6.54 Å². The maximum atomic E-state index is 12.1. The van der Waals surface area contributed by atoms with Crippen molar-refractivity contribution in [3.05, 3.63) is 23.9 Å². The van der Waals surface area contributed by atoms with Crippen molar-refractivity contribution < 1.29 is 22.7 Å². The van der Waals surface area contributed by atoms with Crippen LogP contribution in [0.5, 0.6) is 5.88 Å². The van der Waals surface area contributed by atoms with Crippen molar-refractivity contribution in [2.24, 2.45) is 0 Å². The van der Waals surface area contributed by atoms with Crippen LogP contribution in [0, 0.1) is 0 Å². The van der Waals surface area contributed by atoms with Crippen molar-refractivity contribution in [1.29, 1.82) is 0 Å². The van der Waals surface area contributed by atoms with E-state index < -0.39 is 12.8 Å². The van der Waals surface area contributed by atoms with Crippen molar-refractivity contribution in [3.8, 4) is 5.88 Å². The van der Waals surface area contributed by atoms with E-state index in [0.29, 0.717) is 18.7 Å². The Morgan fingerprint density at radius 2 is 2.20 bits per heavy atom. The summed E-state index contributed by atoms with van der Waals surface area (Å²) in [6.07, 6.45) is -2.11. The van der Waals surface area contributed by atoms with Gasteiger partial charge in [0, 0.05) is 31.4 Å². The molecule has 5 nitrogen and oxygen atoms in total. The van der Waals surface area contributed by atoms with E-state index in [9.17, 15) is 18.0 Å². The van der Waals surface area contributed by atoms with Crippen molar-refractivity contribution in [3.63, 3.8) is 0 Å². The van der Waals surface area contributed by atoms with Gasteiger partial charge in [0.1, 0.15) is 0 Å². The number of carbonyl (C=O) groups is 1. The number of nitrogens with zero attached hydrogens (tertiary/aromatic N) is 2. The molecule has 0 spiro atoms. The van der Waals surface area contributed by atoms with E-state index >= 15 is 0 Å². The Balaban J connectivity index is 1.91. The number of carbonyl (C=O) groups excluding carboxylic acids is 1. The first-order valence-corrected chi connectivity index (χ1v) is 6.12. The Morgan fingerprint density at radius 1 is 1.45 bits per heavy atom. The molecular weight excluding hydrogens is 275 g/mol. The Hall–Kier alpha value is -1.99. The topological polar surface area (TPSA) is 54.5 Å². The number of likely N-dealkylation sites (tertiary alicyclic amines) is 1. The van der Waals surface area contributed by atoms with Crippen LogP contribution in [0.25, 0.3) is 0 Å². The lowest BCUT2D eigenvalue weighted by molar-refractivity contribution is -0.154. The number of aromatic nitrogens is 1. The second-order valence-electron chi connectivity index (χ2n) is 4.37. The van der Waals surface area contributed by atoms with E-state index in [-0.39, 0.29) is 18.5 Å².